The summed E-state index contributed by atoms with van der Waals surface area (Å²) in [7, 11) is 1.70. The second-order valence-electron chi connectivity index (χ2n) is 3.57. The van der Waals surface area contributed by atoms with E-state index in [2.05, 4.69) is 62.2 Å². The van der Waals surface area contributed by atoms with E-state index in [1.54, 1.807) is 7.11 Å². The molecule has 3 heteroatoms. The van der Waals surface area contributed by atoms with Crippen molar-refractivity contribution in [3.05, 3.63) is 41.5 Å². The number of ether oxygens (including phenoxy) is 1. The fraction of sp³-hybridized carbons (Fsp3) is 0.231. The van der Waals surface area contributed by atoms with Crippen molar-refractivity contribution >= 4 is 42.6 Å². The summed E-state index contributed by atoms with van der Waals surface area (Å²) in [4.78, 5) is 0. The van der Waals surface area contributed by atoms with Crippen molar-refractivity contribution in [2.45, 2.75) is 10.7 Å². The highest BCUT2D eigenvalue weighted by Gasteiger charge is 2.07. The van der Waals surface area contributed by atoms with Gasteiger partial charge in [-0.2, -0.15) is 0 Å². The summed E-state index contributed by atoms with van der Waals surface area (Å²) in [6.07, 6.45) is 0. The molecule has 0 aliphatic rings. The number of alkyl halides is 2. The van der Waals surface area contributed by atoms with E-state index in [-0.39, 0.29) is 0 Å². The SMILES string of the molecule is COc1cc(CBr)c2c(CBr)cccc2c1. The Morgan fingerprint density at radius 1 is 1.06 bits per heavy atom. The van der Waals surface area contributed by atoms with Gasteiger partial charge in [0.25, 0.3) is 0 Å². The molecule has 0 saturated heterocycles. The van der Waals surface area contributed by atoms with Gasteiger partial charge in [0.15, 0.2) is 0 Å². The lowest BCUT2D eigenvalue weighted by molar-refractivity contribution is 0.415. The summed E-state index contributed by atoms with van der Waals surface area (Å²) >= 11 is 7.07. The maximum absolute atomic E-state index is 5.31. The molecule has 0 unspecified atom stereocenters. The Balaban J connectivity index is 2.78. The van der Waals surface area contributed by atoms with Crippen molar-refractivity contribution in [1.82, 2.24) is 0 Å². The molecule has 2 aromatic carbocycles. The fourth-order valence-electron chi connectivity index (χ4n) is 1.91. The van der Waals surface area contributed by atoms with E-state index in [1.807, 2.05) is 0 Å². The number of hydrogen-bond donors (Lipinski definition) is 0. The molecule has 0 atom stereocenters. The van der Waals surface area contributed by atoms with Crippen molar-refractivity contribution < 1.29 is 4.74 Å². The van der Waals surface area contributed by atoms with E-state index < -0.39 is 0 Å². The summed E-state index contributed by atoms with van der Waals surface area (Å²) < 4.78 is 5.31. The first-order valence-electron chi connectivity index (χ1n) is 5.00. The van der Waals surface area contributed by atoms with Crippen LogP contribution in [0.3, 0.4) is 0 Å². The van der Waals surface area contributed by atoms with Crippen molar-refractivity contribution in [2.24, 2.45) is 0 Å². The lowest BCUT2D eigenvalue weighted by Crippen LogP contribution is -1.91. The largest absolute Gasteiger partial charge is 0.497 e. The molecule has 0 fully saturated rings. The molecule has 0 aliphatic carbocycles. The van der Waals surface area contributed by atoms with Crippen LogP contribution in [0.1, 0.15) is 11.1 Å². The molecule has 2 aromatic rings. The lowest BCUT2D eigenvalue weighted by Gasteiger charge is -2.10. The third-order valence-electron chi connectivity index (χ3n) is 2.64. The number of halogens is 2. The third-order valence-corrected chi connectivity index (χ3v) is 3.85. The van der Waals surface area contributed by atoms with Gasteiger partial charge in [-0.25, -0.2) is 0 Å². The zero-order valence-corrected chi connectivity index (χ0v) is 12.1. The molecule has 0 aliphatic heterocycles. The fourth-order valence-corrected chi connectivity index (χ4v) is 2.81. The van der Waals surface area contributed by atoms with Crippen LogP contribution in [0.15, 0.2) is 30.3 Å². The summed E-state index contributed by atoms with van der Waals surface area (Å²) in [5.74, 6) is 0.911. The topological polar surface area (TPSA) is 9.23 Å². The Hall–Kier alpha value is -0.540. The Labute approximate surface area is 112 Å². The standard InChI is InChI=1S/C13H12Br2O/c1-16-12-5-9-3-2-4-10(7-14)13(9)11(6-12)8-15/h2-6H,7-8H2,1H3. The quantitative estimate of drug-likeness (QED) is 0.738. The number of methoxy groups -OCH3 is 1. The van der Waals surface area contributed by atoms with Crippen LogP contribution in [0.4, 0.5) is 0 Å². The average Bonchev–Trinajstić information content (AvgIpc) is 2.36. The molecule has 0 spiro atoms. The van der Waals surface area contributed by atoms with Crippen molar-refractivity contribution in [1.29, 1.82) is 0 Å². The molecule has 1 nitrogen and oxygen atoms in total. The van der Waals surface area contributed by atoms with E-state index in [0.29, 0.717) is 0 Å². The number of benzene rings is 2. The molecule has 0 radical (unpaired) electrons. The molecule has 0 amide bonds. The third kappa shape index (κ3) is 2.11. The Morgan fingerprint density at radius 3 is 2.44 bits per heavy atom. The number of rotatable bonds is 3. The summed E-state index contributed by atoms with van der Waals surface area (Å²) in [5, 5.41) is 4.25. The van der Waals surface area contributed by atoms with Crippen LogP contribution < -0.4 is 4.74 Å². The normalized spacial score (nSPS) is 10.7. The van der Waals surface area contributed by atoms with Crippen molar-refractivity contribution in [3.63, 3.8) is 0 Å². The minimum atomic E-state index is 0.838. The van der Waals surface area contributed by atoms with Crippen LogP contribution in [0.2, 0.25) is 0 Å². The Bertz CT molecular complexity index is 509. The van der Waals surface area contributed by atoms with Gasteiger partial charge in [0.2, 0.25) is 0 Å². The predicted molar refractivity (Wildman–Crippen MR) is 75.8 cm³/mol. The second kappa shape index (κ2) is 5.19. The van der Waals surface area contributed by atoms with Crippen LogP contribution >= 0.6 is 31.9 Å². The number of fused-ring (bicyclic) bond motifs is 1. The van der Waals surface area contributed by atoms with Gasteiger partial charge in [-0.1, -0.05) is 50.1 Å². The van der Waals surface area contributed by atoms with Gasteiger partial charge in [-0.3, -0.25) is 0 Å². The molecular formula is C13H12Br2O. The van der Waals surface area contributed by atoms with Gasteiger partial charge in [0, 0.05) is 10.7 Å². The molecule has 0 heterocycles. The van der Waals surface area contributed by atoms with E-state index in [4.69, 9.17) is 4.74 Å². The lowest BCUT2D eigenvalue weighted by atomic mass is 10.0. The molecule has 84 valence electrons. The van der Waals surface area contributed by atoms with E-state index in [1.165, 1.54) is 21.9 Å². The first-order valence-corrected chi connectivity index (χ1v) is 7.25. The highest BCUT2D eigenvalue weighted by molar-refractivity contribution is 9.08. The van der Waals surface area contributed by atoms with Gasteiger partial charge in [-0.05, 0) is 34.0 Å². The van der Waals surface area contributed by atoms with Gasteiger partial charge >= 0.3 is 0 Å². The Kier molecular flexibility index (Phi) is 3.87. The molecule has 16 heavy (non-hydrogen) atoms. The van der Waals surface area contributed by atoms with Gasteiger partial charge in [0.05, 0.1) is 7.11 Å². The summed E-state index contributed by atoms with van der Waals surface area (Å²) in [6.45, 7) is 0. The average molecular weight is 344 g/mol. The van der Waals surface area contributed by atoms with Crippen LogP contribution in [0.5, 0.6) is 5.75 Å². The van der Waals surface area contributed by atoms with Crippen LogP contribution in [0, 0.1) is 0 Å². The van der Waals surface area contributed by atoms with E-state index in [9.17, 15) is 0 Å². The first kappa shape index (κ1) is 11.9. The monoisotopic (exact) mass is 342 g/mol. The zero-order chi connectivity index (χ0) is 11.5. The van der Waals surface area contributed by atoms with Crippen LogP contribution in [-0.2, 0) is 10.7 Å². The predicted octanol–water partition coefficient (Wildman–Crippen LogP) is 4.64. The molecular weight excluding hydrogens is 332 g/mol. The maximum Gasteiger partial charge on any atom is 0.119 e. The molecule has 2 rings (SSSR count). The Morgan fingerprint density at radius 2 is 1.81 bits per heavy atom. The molecule has 0 saturated carbocycles. The minimum absolute atomic E-state index is 0.838. The minimum Gasteiger partial charge on any atom is -0.497 e. The van der Waals surface area contributed by atoms with Gasteiger partial charge in [0.1, 0.15) is 5.75 Å². The first-order chi connectivity index (χ1) is 7.80. The van der Waals surface area contributed by atoms with E-state index in [0.717, 1.165) is 16.4 Å². The highest BCUT2D eigenvalue weighted by atomic mass is 79.9. The van der Waals surface area contributed by atoms with Crippen LogP contribution in [0.25, 0.3) is 10.8 Å². The zero-order valence-electron chi connectivity index (χ0n) is 8.97. The van der Waals surface area contributed by atoms with Gasteiger partial charge < -0.3 is 4.74 Å². The molecule has 0 aromatic heterocycles. The number of hydrogen-bond acceptors (Lipinski definition) is 1. The maximum atomic E-state index is 5.31. The summed E-state index contributed by atoms with van der Waals surface area (Å²) in [6, 6.07) is 10.5. The summed E-state index contributed by atoms with van der Waals surface area (Å²) in [5.41, 5.74) is 2.58. The van der Waals surface area contributed by atoms with Crippen molar-refractivity contribution in [3.8, 4) is 5.75 Å². The highest BCUT2D eigenvalue weighted by Crippen LogP contribution is 2.30. The van der Waals surface area contributed by atoms with Crippen LogP contribution in [-0.4, -0.2) is 7.11 Å². The second-order valence-corrected chi connectivity index (χ2v) is 4.69. The molecule has 0 bridgehead atoms. The van der Waals surface area contributed by atoms with E-state index >= 15 is 0 Å². The molecule has 0 N–H and O–H groups in total. The van der Waals surface area contributed by atoms with Gasteiger partial charge in [-0.15, -0.1) is 0 Å². The smallest absolute Gasteiger partial charge is 0.119 e. The van der Waals surface area contributed by atoms with Crippen molar-refractivity contribution in [2.75, 3.05) is 7.11 Å².